The van der Waals surface area contributed by atoms with Gasteiger partial charge in [0.25, 0.3) is 5.91 Å². The lowest BCUT2D eigenvalue weighted by atomic mass is 10.1. The fraction of sp³-hybridized carbons (Fsp3) is 0.267. The van der Waals surface area contributed by atoms with Crippen LogP contribution in [0.3, 0.4) is 0 Å². The van der Waals surface area contributed by atoms with E-state index in [4.69, 9.17) is 4.52 Å². The molecule has 1 aliphatic rings. The quantitative estimate of drug-likeness (QED) is 0.724. The summed E-state index contributed by atoms with van der Waals surface area (Å²) in [6.07, 6.45) is 3.63. The number of benzene rings is 1. The summed E-state index contributed by atoms with van der Waals surface area (Å²) >= 11 is 0. The summed E-state index contributed by atoms with van der Waals surface area (Å²) in [6.45, 7) is 1.22. The molecule has 0 N–H and O–H groups in total. The number of amides is 1. The SMILES string of the molecule is O=C(c1cnn(-c2ccccc2)n1)N1CCC(c2ncon2)C1. The van der Waals surface area contributed by atoms with Crippen LogP contribution in [0.15, 0.2) is 47.4 Å². The summed E-state index contributed by atoms with van der Waals surface area (Å²) in [5.74, 6) is 0.633. The normalized spacial score (nSPS) is 17.6. The molecule has 0 radical (unpaired) electrons. The molecule has 2 aromatic heterocycles. The van der Waals surface area contributed by atoms with Gasteiger partial charge in [-0.25, -0.2) is 0 Å². The van der Waals surface area contributed by atoms with E-state index >= 15 is 0 Å². The molecular weight excluding hydrogens is 296 g/mol. The summed E-state index contributed by atoms with van der Waals surface area (Å²) in [6, 6.07) is 9.49. The van der Waals surface area contributed by atoms with E-state index in [2.05, 4.69) is 20.3 Å². The molecule has 1 aromatic carbocycles. The molecule has 8 heteroatoms. The van der Waals surface area contributed by atoms with Gasteiger partial charge in [0.05, 0.1) is 11.9 Å². The monoisotopic (exact) mass is 310 g/mol. The van der Waals surface area contributed by atoms with Crippen molar-refractivity contribution in [1.82, 2.24) is 30.0 Å². The zero-order valence-corrected chi connectivity index (χ0v) is 12.2. The number of likely N-dealkylation sites (tertiary alicyclic amines) is 1. The second kappa shape index (κ2) is 5.64. The number of hydrogen-bond acceptors (Lipinski definition) is 6. The van der Waals surface area contributed by atoms with Crippen LogP contribution in [0.1, 0.15) is 28.7 Å². The lowest BCUT2D eigenvalue weighted by Crippen LogP contribution is -2.29. The molecule has 1 saturated heterocycles. The summed E-state index contributed by atoms with van der Waals surface area (Å²) in [5, 5.41) is 12.3. The Kier molecular flexibility index (Phi) is 3.34. The van der Waals surface area contributed by atoms with Crippen molar-refractivity contribution in [3.05, 3.63) is 54.4 Å². The first kappa shape index (κ1) is 13.6. The highest BCUT2D eigenvalue weighted by Crippen LogP contribution is 2.25. The first-order chi connectivity index (χ1) is 11.3. The molecule has 1 amide bonds. The lowest BCUT2D eigenvalue weighted by Gasteiger charge is -2.13. The largest absolute Gasteiger partial charge is 0.343 e. The van der Waals surface area contributed by atoms with Gasteiger partial charge in [0.1, 0.15) is 0 Å². The van der Waals surface area contributed by atoms with E-state index in [0.29, 0.717) is 24.6 Å². The van der Waals surface area contributed by atoms with Gasteiger partial charge in [0.2, 0.25) is 6.39 Å². The van der Waals surface area contributed by atoms with Crippen molar-refractivity contribution in [2.24, 2.45) is 0 Å². The van der Waals surface area contributed by atoms with Gasteiger partial charge in [0.15, 0.2) is 11.5 Å². The minimum Gasteiger partial charge on any atom is -0.343 e. The van der Waals surface area contributed by atoms with Crippen molar-refractivity contribution in [3.8, 4) is 5.69 Å². The van der Waals surface area contributed by atoms with Gasteiger partial charge < -0.3 is 9.42 Å². The van der Waals surface area contributed by atoms with Gasteiger partial charge in [-0.2, -0.15) is 14.9 Å². The van der Waals surface area contributed by atoms with Crippen LogP contribution in [-0.4, -0.2) is 49.0 Å². The van der Waals surface area contributed by atoms with Crippen molar-refractivity contribution in [2.75, 3.05) is 13.1 Å². The van der Waals surface area contributed by atoms with Gasteiger partial charge >= 0.3 is 0 Å². The molecule has 0 aliphatic carbocycles. The number of nitrogens with zero attached hydrogens (tertiary/aromatic N) is 6. The van der Waals surface area contributed by atoms with E-state index in [0.717, 1.165) is 12.1 Å². The average Bonchev–Trinajstić information content (AvgIpc) is 3.35. The molecule has 0 bridgehead atoms. The molecular formula is C15H14N6O2. The first-order valence-electron chi connectivity index (χ1n) is 7.34. The molecule has 3 aromatic rings. The second-order valence-electron chi connectivity index (χ2n) is 5.38. The third kappa shape index (κ3) is 2.59. The van der Waals surface area contributed by atoms with Crippen LogP contribution in [0, 0.1) is 0 Å². The fourth-order valence-electron chi connectivity index (χ4n) is 2.72. The van der Waals surface area contributed by atoms with E-state index in [1.54, 1.807) is 4.90 Å². The van der Waals surface area contributed by atoms with Crippen LogP contribution in [0.25, 0.3) is 5.69 Å². The molecule has 1 atom stereocenters. The van der Waals surface area contributed by atoms with Gasteiger partial charge in [-0.15, -0.1) is 5.10 Å². The maximum absolute atomic E-state index is 12.6. The van der Waals surface area contributed by atoms with E-state index in [-0.39, 0.29) is 11.8 Å². The number of aromatic nitrogens is 5. The summed E-state index contributed by atoms with van der Waals surface area (Å²) in [7, 11) is 0. The van der Waals surface area contributed by atoms with Crippen molar-refractivity contribution < 1.29 is 9.32 Å². The van der Waals surface area contributed by atoms with E-state index in [1.807, 2.05) is 30.3 Å². The zero-order chi connectivity index (χ0) is 15.6. The van der Waals surface area contributed by atoms with Crippen LogP contribution in [0.5, 0.6) is 0 Å². The van der Waals surface area contributed by atoms with Crippen LogP contribution >= 0.6 is 0 Å². The Morgan fingerprint density at radius 1 is 1.26 bits per heavy atom. The summed E-state index contributed by atoms with van der Waals surface area (Å²) in [4.78, 5) is 19.8. The molecule has 1 unspecified atom stereocenters. The lowest BCUT2D eigenvalue weighted by molar-refractivity contribution is 0.0784. The molecule has 0 spiro atoms. The number of carbonyl (C=O) groups excluding carboxylic acids is 1. The first-order valence-corrected chi connectivity index (χ1v) is 7.34. The summed E-state index contributed by atoms with van der Waals surface area (Å²) in [5.41, 5.74) is 1.15. The highest BCUT2D eigenvalue weighted by atomic mass is 16.5. The van der Waals surface area contributed by atoms with Gasteiger partial charge in [0, 0.05) is 19.0 Å². The minimum atomic E-state index is -0.127. The van der Waals surface area contributed by atoms with Crippen molar-refractivity contribution >= 4 is 5.91 Å². The smallest absolute Gasteiger partial charge is 0.276 e. The van der Waals surface area contributed by atoms with Crippen molar-refractivity contribution in [3.63, 3.8) is 0 Å². The Balaban J connectivity index is 1.49. The van der Waals surface area contributed by atoms with Crippen LogP contribution in [-0.2, 0) is 0 Å². The summed E-state index contributed by atoms with van der Waals surface area (Å²) < 4.78 is 4.77. The second-order valence-corrected chi connectivity index (χ2v) is 5.38. The molecule has 1 fully saturated rings. The Morgan fingerprint density at radius 2 is 2.13 bits per heavy atom. The molecule has 4 rings (SSSR count). The Hall–Kier alpha value is -3.03. The Bertz CT molecular complexity index is 799. The Labute approximate surface area is 131 Å². The maximum Gasteiger partial charge on any atom is 0.276 e. The molecule has 23 heavy (non-hydrogen) atoms. The van der Waals surface area contributed by atoms with Crippen molar-refractivity contribution in [2.45, 2.75) is 12.3 Å². The number of carbonyl (C=O) groups is 1. The number of para-hydroxylation sites is 1. The van der Waals surface area contributed by atoms with Gasteiger partial charge in [-0.3, -0.25) is 4.79 Å². The predicted octanol–water partition coefficient (Wildman–Crippen LogP) is 1.28. The van der Waals surface area contributed by atoms with Gasteiger partial charge in [-0.1, -0.05) is 23.4 Å². The highest BCUT2D eigenvalue weighted by Gasteiger charge is 2.31. The highest BCUT2D eigenvalue weighted by molar-refractivity contribution is 5.92. The van der Waals surface area contributed by atoms with Crippen LogP contribution in [0.4, 0.5) is 0 Å². The third-order valence-electron chi connectivity index (χ3n) is 3.92. The fourth-order valence-corrected chi connectivity index (χ4v) is 2.72. The van der Waals surface area contributed by atoms with E-state index < -0.39 is 0 Å². The van der Waals surface area contributed by atoms with E-state index in [9.17, 15) is 4.79 Å². The number of rotatable bonds is 3. The van der Waals surface area contributed by atoms with Crippen LogP contribution < -0.4 is 0 Å². The van der Waals surface area contributed by atoms with Crippen molar-refractivity contribution in [1.29, 1.82) is 0 Å². The van der Waals surface area contributed by atoms with Gasteiger partial charge in [-0.05, 0) is 18.6 Å². The van der Waals surface area contributed by atoms with Crippen LogP contribution in [0.2, 0.25) is 0 Å². The molecule has 116 valence electrons. The topological polar surface area (TPSA) is 89.9 Å². The zero-order valence-electron chi connectivity index (χ0n) is 12.2. The molecule has 3 heterocycles. The third-order valence-corrected chi connectivity index (χ3v) is 3.92. The predicted molar refractivity (Wildman–Crippen MR) is 78.9 cm³/mol. The molecule has 1 aliphatic heterocycles. The molecule has 8 nitrogen and oxygen atoms in total. The standard InChI is InChI=1S/C15H14N6O2/c22-15(20-7-6-11(9-20)14-16-10-23-19-14)13-8-17-21(18-13)12-4-2-1-3-5-12/h1-5,8,10-11H,6-7,9H2. The minimum absolute atomic E-state index is 0.113. The average molecular weight is 310 g/mol. The van der Waals surface area contributed by atoms with E-state index in [1.165, 1.54) is 17.4 Å². The Morgan fingerprint density at radius 3 is 2.91 bits per heavy atom. The molecule has 0 saturated carbocycles. The maximum atomic E-state index is 12.6. The number of hydrogen-bond donors (Lipinski definition) is 0.